The first-order chi connectivity index (χ1) is 14.7. The van der Waals surface area contributed by atoms with Crippen molar-refractivity contribution >= 4 is 29.2 Å². The highest BCUT2D eigenvalue weighted by molar-refractivity contribution is 6.32. The number of halogens is 1. The Morgan fingerprint density at radius 3 is 2.52 bits per heavy atom. The van der Waals surface area contributed by atoms with E-state index in [4.69, 9.17) is 16.3 Å². The van der Waals surface area contributed by atoms with E-state index in [0.29, 0.717) is 37.5 Å². The van der Waals surface area contributed by atoms with Gasteiger partial charge in [-0.05, 0) is 32.9 Å². The zero-order valence-corrected chi connectivity index (χ0v) is 18.5. The molecule has 1 aliphatic heterocycles. The summed E-state index contributed by atoms with van der Waals surface area (Å²) in [6.45, 7) is 7.95. The standard InChI is InChI=1S/C21H25ClN6O3/c1-21(2,3)31-20(30)27-8-6-26(7-9-27)17-5-4-14(10-23-17)16-11-24-18(22)19-25-15(13-29)12-28(16)19/h4-5,10-12,29H,6-9,13H2,1-3H3. The molecule has 10 heteroatoms. The summed E-state index contributed by atoms with van der Waals surface area (Å²) in [6.07, 6.45) is 4.90. The molecule has 9 nitrogen and oxygen atoms in total. The first-order valence-corrected chi connectivity index (χ1v) is 10.5. The van der Waals surface area contributed by atoms with E-state index in [1.54, 1.807) is 27.9 Å². The van der Waals surface area contributed by atoms with E-state index in [1.165, 1.54) is 0 Å². The topological polar surface area (TPSA) is 96.1 Å². The van der Waals surface area contributed by atoms with Gasteiger partial charge in [-0.2, -0.15) is 0 Å². The molecule has 0 aromatic carbocycles. The van der Waals surface area contributed by atoms with Crippen molar-refractivity contribution in [2.24, 2.45) is 0 Å². The van der Waals surface area contributed by atoms with E-state index in [0.717, 1.165) is 17.1 Å². The Bertz CT molecular complexity index is 1080. The Kier molecular flexibility index (Phi) is 5.72. The fourth-order valence-electron chi connectivity index (χ4n) is 3.45. The van der Waals surface area contributed by atoms with Gasteiger partial charge in [0, 0.05) is 44.1 Å². The van der Waals surface area contributed by atoms with Crippen LogP contribution in [0.25, 0.3) is 16.9 Å². The van der Waals surface area contributed by atoms with Crippen LogP contribution in [0, 0.1) is 0 Å². The zero-order chi connectivity index (χ0) is 22.2. The molecule has 0 atom stereocenters. The molecular formula is C21H25ClN6O3. The van der Waals surface area contributed by atoms with Gasteiger partial charge in [0.15, 0.2) is 10.8 Å². The number of piperazine rings is 1. The average molecular weight is 445 g/mol. The van der Waals surface area contributed by atoms with Crippen molar-refractivity contribution in [1.82, 2.24) is 24.3 Å². The predicted molar refractivity (Wildman–Crippen MR) is 117 cm³/mol. The number of aliphatic hydroxyl groups is 1. The Morgan fingerprint density at radius 2 is 1.90 bits per heavy atom. The van der Waals surface area contributed by atoms with E-state index in [9.17, 15) is 9.90 Å². The van der Waals surface area contributed by atoms with Crippen LogP contribution in [0.4, 0.5) is 10.6 Å². The number of carbonyl (C=O) groups excluding carboxylic acids is 1. The van der Waals surface area contributed by atoms with Gasteiger partial charge in [0.1, 0.15) is 11.4 Å². The lowest BCUT2D eigenvalue weighted by molar-refractivity contribution is 0.0240. The second-order valence-corrected chi connectivity index (χ2v) is 8.74. The van der Waals surface area contributed by atoms with Gasteiger partial charge in [0.2, 0.25) is 0 Å². The van der Waals surface area contributed by atoms with Crippen LogP contribution >= 0.6 is 11.6 Å². The van der Waals surface area contributed by atoms with E-state index in [-0.39, 0.29) is 17.9 Å². The highest BCUT2D eigenvalue weighted by Gasteiger charge is 2.26. The summed E-state index contributed by atoms with van der Waals surface area (Å²) in [5.74, 6) is 0.840. The van der Waals surface area contributed by atoms with Crippen LogP contribution in [-0.4, -0.2) is 67.2 Å². The Morgan fingerprint density at radius 1 is 1.16 bits per heavy atom. The molecule has 1 amide bonds. The fourth-order valence-corrected chi connectivity index (χ4v) is 3.64. The molecule has 3 aromatic rings. The van der Waals surface area contributed by atoms with Gasteiger partial charge in [-0.15, -0.1) is 0 Å². The molecule has 1 N–H and O–H groups in total. The number of aromatic nitrogens is 4. The minimum absolute atomic E-state index is 0.177. The molecule has 0 bridgehead atoms. The first-order valence-electron chi connectivity index (χ1n) is 10.1. The van der Waals surface area contributed by atoms with Crippen LogP contribution < -0.4 is 4.90 Å². The summed E-state index contributed by atoms with van der Waals surface area (Å²) in [5.41, 5.74) is 2.14. The highest BCUT2D eigenvalue weighted by Crippen LogP contribution is 2.25. The van der Waals surface area contributed by atoms with Gasteiger partial charge in [-0.25, -0.2) is 19.7 Å². The number of rotatable bonds is 3. The minimum atomic E-state index is -0.499. The number of hydrogen-bond acceptors (Lipinski definition) is 7. The lowest BCUT2D eigenvalue weighted by atomic mass is 10.2. The molecule has 31 heavy (non-hydrogen) atoms. The number of hydrogen-bond donors (Lipinski definition) is 1. The second-order valence-electron chi connectivity index (χ2n) is 8.38. The SMILES string of the molecule is CC(C)(C)OC(=O)N1CCN(c2ccc(-c3cnc(Cl)c4nc(CO)cn34)cn2)CC1. The maximum atomic E-state index is 12.2. The molecule has 0 aliphatic carbocycles. The Balaban J connectivity index is 1.48. The summed E-state index contributed by atoms with van der Waals surface area (Å²) in [7, 11) is 0. The molecule has 1 saturated heterocycles. The molecule has 3 aromatic heterocycles. The quantitative estimate of drug-likeness (QED) is 0.663. The van der Waals surface area contributed by atoms with Crippen molar-refractivity contribution in [2.75, 3.05) is 31.1 Å². The van der Waals surface area contributed by atoms with Gasteiger partial charge >= 0.3 is 6.09 Å². The number of anilines is 1. The highest BCUT2D eigenvalue weighted by atomic mass is 35.5. The number of nitrogens with zero attached hydrogens (tertiary/aromatic N) is 6. The van der Waals surface area contributed by atoms with Crippen LogP contribution in [-0.2, 0) is 11.3 Å². The molecule has 4 heterocycles. The van der Waals surface area contributed by atoms with Crippen LogP contribution in [0.15, 0.2) is 30.7 Å². The average Bonchev–Trinajstić information content (AvgIpc) is 3.19. The molecule has 0 spiro atoms. The van der Waals surface area contributed by atoms with Gasteiger partial charge in [-0.3, -0.25) is 4.40 Å². The molecular weight excluding hydrogens is 420 g/mol. The fraction of sp³-hybridized carbons (Fsp3) is 0.429. The van der Waals surface area contributed by atoms with Crippen LogP contribution in [0.3, 0.4) is 0 Å². The van der Waals surface area contributed by atoms with Gasteiger partial charge in [0.05, 0.1) is 24.2 Å². The summed E-state index contributed by atoms with van der Waals surface area (Å²) in [5, 5.41) is 9.66. The third-order valence-electron chi connectivity index (χ3n) is 4.96. The number of fused-ring (bicyclic) bond motifs is 1. The third kappa shape index (κ3) is 4.57. The number of carbonyl (C=O) groups is 1. The monoisotopic (exact) mass is 444 g/mol. The van der Waals surface area contributed by atoms with Crippen molar-refractivity contribution in [3.05, 3.63) is 41.6 Å². The third-order valence-corrected chi connectivity index (χ3v) is 5.23. The van der Waals surface area contributed by atoms with Crippen molar-refractivity contribution in [2.45, 2.75) is 33.0 Å². The van der Waals surface area contributed by atoms with Gasteiger partial charge in [-0.1, -0.05) is 11.6 Å². The molecule has 164 valence electrons. The Hall–Kier alpha value is -2.91. The second kappa shape index (κ2) is 8.32. The molecule has 0 unspecified atom stereocenters. The summed E-state index contributed by atoms with van der Waals surface area (Å²) in [4.78, 5) is 29.2. The number of ether oxygens (including phenoxy) is 1. The predicted octanol–water partition coefficient (Wildman–Crippen LogP) is 2.99. The molecule has 1 aliphatic rings. The zero-order valence-electron chi connectivity index (χ0n) is 17.7. The molecule has 0 saturated carbocycles. The lowest BCUT2D eigenvalue weighted by Crippen LogP contribution is -2.50. The number of aliphatic hydroxyl groups excluding tert-OH is 1. The number of pyridine rings is 1. The van der Waals surface area contributed by atoms with Crippen molar-refractivity contribution in [1.29, 1.82) is 0 Å². The molecule has 0 radical (unpaired) electrons. The Labute approximate surface area is 185 Å². The van der Waals surface area contributed by atoms with Crippen molar-refractivity contribution in [3.63, 3.8) is 0 Å². The van der Waals surface area contributed by atoms with Crippen molar-refractivity contribution < 1.29 is 14.6 Å². The maximum absolute atomic E-state index is 12.2. The van der Waals surface area contributed by atoms with Gasteiger partial charge in [0.25, 0.3) is 0 Å². The maximum Gasteiger partial charge on any atom is 0.410 e. The molecule has 4 rings (SSSR count). The largest absolute Gasteiger partial charge is 0.444 e. The summed E-state index contributed by atoms with van der Waals surface area (Å²) in [6, 6.07) is 3.91. The van der Waals surface area contributed by atoms with Crippen LogP contribution in [0.1, 0.15) is 26.5 Å². The lowest BCUT2D eigenvalue weighted by Gasteiger charge is -2.36. The number of amides is 1. The smallest absolute Gasteiger partial charge is 0.410 e. The van der Waals surface area contributed by atoms with Crippen LogP contribution in [0.5, 0.6) is 0 Å². The van der Waals surface area contributed by atoms with E-state index < -0.39 is 5.60 Å². The first kappa shape index (κ1) is 21.3. The normalized spacial score (nSPS) is 14.9. The van der Waals surface area contributed by atoms with Gasteiger partial charge < -0.3 is 19.6 Å². The number of imidazole rings is 1. The van der Waals surface area contributed by atoms with Crippen molar-refractivity contribution in [3.8, 4) is 11.3 Å². The summed E-state index contributed by atoms with van der Waals surface area (Å²) >= 11 is 6.15. The van der Waals surface area contributed by atoms with E-state index >= 15 is 0 Å². The summed E-state index contributed by atoms with van der Waals surface area (Å²) < 4.78 is 7.25. The van der Waals surface area contributed by atoms with Crippen LogP contribution in [0.2, 0.25) is 5.15 Å². The van der Waals surface area contributed by atoms with E-state index in [2.05, 4.69) is 19.9 Å². The van der Waals surface area contributed by atoms with E-state index in [1.807, 2.05) is 32.9 Å². The molecule has 1 fully saturated rings. The minimum Gasteiger partial charge on any atom is -0.444 e.